The molecule has 0 aliphatic heterocycles. The van der Waals surface area contributed by atoms with Gasteiger partial charge in [-0.3, -0.25) is 9.59 Å². The Balaban J connectivity index is 1.42. The van der Waals surface area contributed by atoms with Crippen LogP contribution in [0.4, 0.5) is 10.7 Å². The van der Waals surface area contributed by atoms with E-state index < -0.39 is 5.25 Å². The van der Waals surface area contributed by atoms with E-state index in [9.17, 15) is 14.9 Å². The van der Waals surface area contributed by atoms with Crippen molar-refractivity contribution < 1.29 is 9.59 Å². The highest BCUT2D eigenvalue weighted by atomic mass is 32.2. The summed E-state index contributed by atoms with van der Waals surface area (Å²) in [5.74, 6) is -0.366. The standard InChI is InChI=1S/C28H23N3O2S2/c1-18-9-6-7-14-23(18)27(33)30-21-12-8-13-22(15-21)35-19(2)26(32)31-28-24(16-29)25(17-34-28)20-10-4-3-5-11-20/h3-15,17,19H,1-2H3,(H,30,33)(H,31,32). The molecule has 174 valence electrons. The summed E-state index contributed by atoms with van der Waals surface area (Å²) in [5.41, 5.74) is 4.40. The Hall–Kier alpha value is -3.86. The fraction of sp³-hybridized carbons (Fsp3) is 0.107. The Bertz CT molecular complexity index is 1410. The van der Waals surface area contributed by atoms with Gasteiger partial charge >= 0.3 is 0 Å². The highest BCUT2D eigenvalue weighted by Gasteiger charge is 2.20. The monoisotopic (exact) mass is 497 g/mol. The van der Waals surface area contributed by atoms with Gasteiger partial charge in [-0.15, -0.1) is 23.1 Å². The average Bonchev–Trinajstić information content (AvgIpc) is 3.27. The van der Waals surface area contributed by atoms with Crippen LogP contribution in [0.3, 0.4) is 0 Å². The van der Waals surface area contributed by atoms with E-state index in [-0.39, 0.29) is 11.8 Å². The molecule has 0 radical (unpaired) electrons. The number of amides is 2. The summed E-state index contributed by atoms with van der Waals surface area (Å²) in [6, 6.07) is 26.7. The van der Waals surface area contributed by atoms with Crippen LogP contribution in [0.2, 0.25) is 0 Å². The van der Waals surface area contributed by atoms with Gasteiger partial charge in [-0.1, -0.05) is 54.6 Å². The number of hydrogen-bond acceptors (Lipinski definition) is 5. The number of carbonyl (C=O) groups excluding carboxylic acids is 2. The highest BCUT2D eigenvalue weighted by molar-refractivity contribution is 8.00. The molecule has 0 fully saturated rings. The zero-order valence-corrected chi connectivity index (χ0v) is 20.9. The molecule has 35 heavy (non-hydrogen) atoms. The van der Waals surface area contributed by atoms with Crippen LogP contribution >= 0.6 is 23.1 Å². The van der Waals surface area contributed by atoms with Gasteiger partial charge in [-0.25, -0.2) is 0 Å². The van der Waals surface area contributed by atoms with Crippen molar-refractivity contribution in [1.82, 2.24) is 0 Å². The zero-order chi connectivity index (χ0) is 24.8. The van der Waals surface area contributed by atoms with Gasteiger partial charge in [0.25, 0.3) is 5.91 Å². The van der Waals surface area contributed by atoms with E-state index in [0.717, 1.165) is 21.6 Å². The molecular formula is C28H23N3O2S2. The van der Waals surface area contributed by atoms with Crippen LogP contribution in [0, 0.1) is 18.3 Å². The second kappa shape index (κ2) is 11.0. The van der Waals surface area contributed by atoms with E-state index in [2.05, 4.69) is 16.7 Å². The molecule has 0 aliphatic rings. The molecule has 1 aromatic heterocycles. The van der Waals surface area contributed by atoms with Crippen molar-refractivity contribution in [3.05, 3.63) is 101 Å². The molecule has 3 aromatic carbocycles. The minimum atomic E-state index is -0.411. The lowest BCUT2D eigenvalue weighted by Gasteiger charge is -2.13. The van der Waals surface area contributed by atoms with Crippen molar-refractivity contribution in [2.45, 2.75) is 24.0 Å². The predicted octanol–water partition coefficient (Wildman–Crippen LogP) is 6.97. The van der Waals surface area contributed by atoms with Crippen molar-refractivity contribution in [2.75, 3.05) is 10.6 Å². The van der Waals surface area contributed by atoms with E-state index in [1.165, 1.54) is 23.1 Å². The third-order valence-electron chi connectivity index (χ3n) is 5.39. The van der Waals surface area contributed by atoms with Gasteiger partial charge in [-0.05, 0) is 49.2 Å². The molecule has 0 aliphatic carbocycles. The fourth-order valence-corrected chi connectivity index (χ4v) is 5.38. The molecule has 2 amide bonds. The first-order chi connectivity index (χ1) is 17.0. The summed E-state index contributed by atoms with van der Waals surface area (Å²) in [4.78, 5) is 26.4. The lowest BCUT2D eigenvalue weighted by Crippen LogP contribution is -2.22. The first-order valence-corrected chi connectivity index (χ1v) is 12.7. The lowest BCUT2D eigenvalue weighted by atomic mass is 10.1. The second-order valence-electron chi connectivity index (χ2n) is 7.88. The topological polar surface area (TPSA) is 82.0 Å². The van der Waals surface area contributed by atoms with Crippen LogP contribution in [-0.2, 0) is 4.79 Å². The minimum absolute atomic E-state index is 0.174. The van der Waals surface area contributed by atoms with Crippen molar-refractivity contribution in [2.24, 2.45) is 0 Å². The summed E-state index contributed by atoms with van der Waals surface area (Å²) >= 11 is 2.73. The Labute approximate surface area is 212 Å². The van der Waals surface area contributed by atoms with Crippen molar-refractivity contribution in [3.8, 4) is 17.2 Å². The van der Waals surface area contributed by atoms with E-state index in [1.54, 1.807) is 6.07 Å². The molecule has 0 bridgehead atoms. The number of nitrogens with zero attached hydrogens (tertiary/aromatic N) is 1. The Morgan fingerprint density at radius 2 is 1.71 bits per heavy atom. The van der Waals surface area contributed by atoms with Crippen LogP contribution in [0.15, 0.2) is 89.1 Å². The number of nitriles is 1. The number of hydrogen-bond donors (Lipinski definition) is 2. The van der Waals surface area contributed by atoms with Crippen molar-refractivity contribution in [1.29, 1.82) is 5.26 Å². The van der Waals surface area contributed by atoms with Crippen molar-refractivity contribution >= 4 is 45.6 Å². The first kappa shape index (κ1) is 24.3. The Kier molecular flexibility index (Phi) is 7.66. The van der Waals surface area contributed by atoms with Gasteiger partial charge in [0.1, 0.15) is 11.1 Å². The number of thiophene rings is 1. The van der Waals surface area contributed by atoms with Gasteiger partial charge in [0, 0.05) is 27.1 Å². The van der Waals surface area contributed by atoms with Gasteiger partial charge < -0.3 is 10.6 Å². The summed E-state index contributed by atoms with van der Waals surface area (Å²) < 4.78 is 0. The maximum absolute atomic E-state index is 12.9. The Morgan fingerprint density at radius 3 is 2.46 bits per heavy atom. The summed E-state index contributed by atoms with van der Waals surface area (Å²) in [6.07, 6.45) is 0. The molecule has 1 heterocycles. The number of thioether (sulfide) groups is 1. The molecule has 7 heteroatoms. The molecule has 4 rings (SSSR count). The number of aryl methyl sites for hydroxylation is 1. The maximum Gasteiger partial charge on any atom is 0.255 e. The number of carbonyl (C=O) groups is 2. The maximum atomic E-state index is 12.9. The number of benzene rings is 3. The van der Waals surface area contributed by atoms with E-state index in [1.807, 2.05) is 92.0 Å². The molecule has 0 spiro atoms. The zero-order valence-electron chi connectivity index (χ0n) is 19.2. The molecule has 1 unspecified atom stereocenters. The van der Waals surface area contributed by atoms with Crippen LogP contribution in [-0.4, -0.2) is 17.1 Å². The third kappa shape index (κ3) is 5.80. The fourth-order valence-electron chi connectivity index (χ4n) is 3.54. The molecule has 5 nitrogen and oxygen atoms in total. The molecule has 0 saturated heterocycles. The average molecular weight is 498 g/mol. The van der Waals surface area contributed by atoms with Gasteiger partial charge in [-0.2, -0.15) is 5.26 Å². The number of rotatable bonds is 7. The largest absolute Gasteiger partial charge is 0.322 e. The minimum Gasteiger partial charge on any atom is -0.322 e. The molecule has 1 atom stereocenters. The van der Waals surface area contributed by atoms with Gasteiger partial charge in [0.2, 0.25) is 5.91 Å². The van der Waals surface area contributed by atoms with Crippen LogP contribution in [0.1, 0.15) is 28.4 Å². The number of anilines is 2. The molecule has 4 aromatic rings. The lowest BCUT2D eigenvalue weighted by molar-refractivity contribution is -0.115. The predicted molar refractivity (Wildman–Crippen MR) is 144 cm³/mol. The quantitative estimate of drug-likeness (QED) is 0.270. The SMILES string of the molecule is Cc1ccccc1C(=O)Nc1cccc(SC(C)C(=O)Nc2scc(-c3ccccc3)c2C#N)c1. The summed E-state index contributed by atoms with van der Waals surface area (Å²) in [7, 11) is 0. The summed E-state index contributed by atoms with van der Waals surface area (Å²) in [5, 5.41) is 17.6. The highest BCUT2D eigenvalue weighted by Crippen LogP contribution is 2.35. The van der Waals surface area contributed by atoms with Gasteiger partial charge in [0.15, 0.2) is 0 Å². The third-order valence-corrected chi connectivity index (χ3v) is 7.38. The molecule has 2 N–H and O–H groups in total. The molecule has 0 saturated carbocycles. The van der Waals surface area contributed by atoms with Crippen LogP contribution < -0.4 is 10.6 Å². The summed E-state index contributed by atoms with van der Waals surface area (Å²) in [6.45, 7) is 3.71. The first-order valence-electron chi connectivity index (χ1n) is 11.0. The Morgan fingerprint density at radius 1 is 0.971 bits per heavy atom. The van der Waals surface area contributed by atoms with E-state index in [0.29, 0.717) is 21.8 Å². The van der Waals surface area contributed by atoms with Crippen molar-refractivity contribution in [3.63, 3.8) is 0 Å². The number of nitrogens with one attached hydrogen (secondary N) is 2. The second-order valence-corrected chi connectivity index (χ2v) is 10.2. The van der Waals surface area contributed by atoms with E-state index in [4.69, 9.17) is 0 Å². The van der Waals surface area contributed by atoms with Crippen LogP contribution in [0.25, 0.3) is 11.1 Å². The van der Waals surface area contributed by atoms with E-state index >= 15 is 0 Å². The molecular weight excluding hydrogens is 474 g/mol. The normalized spacial score (nSPS) is 11.3. The smallest absolute Gasteiger partial charge is 0.255 e. The van der Waals surface area contributed by atoms with Gasteiger partial charge in [0.05, 0.1) is 10.8 Å². The van der Waals surface area contributed by atoms with Crippen LogP contribution in [0.5, 0.6) is 0 Å².